The summed E-state index contributed by atoms with van der Waals surface area (Å²) in [6, 6.07) is 14.9. The highest BCUT2D eigenvalue weighted by Crippen LogP contribution is 2.23. The molecule has 0 radical (unpaired) electrons. The highest BCUT2D eigenvalue weighted by Gasteiger charge is 2.12. The molecule has 5 nitrogen and oxygen atoms in total. The fraction of sp³-hybridized carbons (Fsp3) is 0.0500. The van der Waals surface area contributed by atoms with Gasteiger partial charge >= 0.3 is 5.97 Å². The number of carbonyl (C=O) groups excluding carboxylic acids is 2. The Labute approximate surface area is 155 Å². The number of carbonyl (C=O) groups is 2. The maximum Gasteiger partial charge on any atom is 0.343 e. The second-order valence-corrected chi connectivity index (χ2v) is 6.01. The molecule has 1 heterocycles. The van der Waals surface area contributed by atoms with E-state index in [4.69, 9.17) is 16.3 Å². The number of rotatable bonds is 4. The van der Waals surface area contributed by atoms with Crippen LogP contribution in [0, 0.1) is 6.92 Å². The Morgan fingerprint density at radius 2 is 1.85 bits per heavy atom. The Morgan fingerprint density at radius 3 is 2.58 bits per heavy atom. The third-order valence-corrected chi connectivity index (χ3v) is 3.85. The minimum Gasteiger partial charge on any atom is -0.423 e. The van der Waals surface area contributed by atoms with Crippen molar-refractivity contribution in [3.63, 3.8) is 0 Å². The molecule has 0 saturated carbocycles. The summed E-state index contributed by atoms with van der Waals surface area (Å²) in [6.07, 6.45) is 3.06. The molecule has 0 saturated heterocycles. The van der Waals surface area contributed by atoms with E-state index in [1.807, 2.05) is 0 Å². The van der Waals surface area contributed by atoms with Crippen molar-refractivity contribution in [3.05, 3.63) is 88.7 Å². The van der Waals surface area contributed by atoms with Gasteiger partial charge < -0.3 is 10.1 Å². The summed E-state index contributed by atoms with van der Waals surface area (Å²) in [4.78, 5) is 28.5. The molecular weight excluding hydrogens is 352 g/mol. The summed E-state index contributed by atoms with van der Waals surface area (Å²) >= 11 is 5.91. The van der Waals surface area contributed by atoms with Gasteiger partial charge in [0.1, 0.15) is 5.75 Å². The van der Waals surface area contributed by atoms with Crippen molar-refractivity contribution in [2.45, 2.75) is 6.92 Å². The topological polar surface area (TPSA) is 68.3 Å². The van der Waals surface area contributed by atoms with Crippen LogP contribution in [0.15, 0.2) is 67.0 Å². The van der Waals surface area contributed by atoms with Gasteiger partial charge in [0.05, 0.1) is 11.1 Å². The number of aromatic nitrogens is 1. The monoisotopic (exact) mass is 366 g/mol. The van der Waals surface area contributed by atoms with Crippen LogP contribution in [0.1, 0.15) is 26.3 Å². The third kappa shape index (κ3) is 4.26. The van der Waals surface area contributed by atoms with E-state index in [1.54, 1.807) is 67.7 Å². The number of pyridine rings is 1. The molecule has 0 bridgehead atoms. The number of hydrogen-bond donors (Lipinski definition) is 1. The number of nitrogens with one attached hydrogen (secondary N) is 1. The van der Waals surface area contributed by atoms with Gasteiger partial charge in [0.15, 0.2) is 0 Å². The molecule has 0 aliphatic rings. The van der Waals surface area contributed by atoms with Crippen molar-refractivity contribution < 1.29 is 14.3 Å². The van der Waals surface area contributed by atoms with Crippen LogP contribution in [0.2, 0.25) is 5.02 Å². The maximum atomic E-state index is 12.4. The van der Waals surface area contributed by atoms with Gasteiger partial charge in [-0.15, -0.1) is 0 Å². The normalized spacial score (nSPS) is 10.2. The fourth-order valence-corrected chi connectivity index (χ4v) is 2.54. The zero-order valence-electron chi connectivity index (χ0n) is 13.9. The number of ether oxygens (including phenoxy) is 1. The highest BCUT2D eigenvalue weighted by molar-refractivity contribution is 6.30. The smallest absolute Gasteiger partial charge is 0.343 e. The summed E-state index contributed by atoms with van der Waals surface area (Å²) in [5.74, 6) is -0.394. The van der Waals surface area contributed by atoms with E-state index >= 15 is 0 Å². The lowest BCUT2D eigenvalue weighted by molar-refractivity contribution is 0.0733. The van der Waals surface area contributed by atoms with Gasteiger partial charge in [-0.1, -0.05) is 17.7 Å². The molecule has 0 atom stereocenters. The molecule has 3 aromatic rings. The van der Waals surface area contributed by atoms with Gasteiger partial charge in [0, 0.05) is 23.1 Å². The van der Waals surface area contributed by atoms with Gasteiger partial charge in [0.25, 0.3) is 5.91 Å². The number of nitrogens with zero attached hydrogens (tertiary/aromatic N) is 1. The minimum absolute atomic E-state index is 0.308. The average molecular weight is 367 g/mol. The van der Waals surface area contributed by atoms with Crippen LogP contribution in [0.4, 0.5) is 5.69 Å². The molecule has 1 amide bonds. The van der Waals surface area contributed by atoms with Crippen LogP contribution >= 0.6 is 11.6 Å². The SMILES string of the molecule is Cc1cc(Cl)ccc1OC(=O)c1cccc(NC(=O)c2cccnc2)c1. The fourth-order valence-electron chi connectivity index (χ4n) is 2.31. The number of halogens is 1. The summed E-state index contributed by atoms with van der Waals surface area (Å²) in [7, 11) is 0. The number of amides is 1. The lowest BCUT2D eigenvalue weighted by atomic mass is 10.2. The Kier molecular flexibility index (Phi) is 5.29. The summed E-state index contributed by atoms with van der Waals surface area (Å²) in [5, 5.41) is 3.30. The molecule has 1 N–H and O–H groups in total. The Balaban J connectivity index is 1.74. The number of anilines is 1. The Bertz CT molecular complexity index is 958. The molecule has 26 heavy (non-hydrogen) atoms. The van der Waals surface area contributed by atoms with Crippen LogP contribution in [0.25, 0.3) is 0 Å². The van der Waals surface area contributed by atoms with Crippen molar-refractivity contribution in [1.82, 2.24) is 4.98 Å². The van der Waals surface area contributed by atoms with E-state index in [9.17, 15) is 9.59 Å². The van der Waals surface area contributed by atoms with Gasteiger partial charge in [-0.3, -0.25) is 9.78 Å². The lowest BCUT2D eigenvalue weighted by Crippen LogP contribution is -2.13. The number of aryl methyl sites for hydroxylation is 1. The minimum atomic E-state index is -0.520. The van der Waals surface area contributed by atoms with Crippen molar-refractivity contribution in [3.8, 4) is 5.75 Å². The first kappa shape index (κ1) is 17.6. The maximum absolute atomic E-state index is 12.4. The van der Waals surface area contributed by atoms with E-state index in [-0.39, 0.29) is 5.91 Å². The van der Waals surface area contributed by atoms with Crippen LogP contribution in [0.3, 0.4) is 0 Å². The molecular formula is C20H15ClN2O3. The van der Waals surface area contributed by atoms with E-state index in [0.29, 0.717) is 27.6 Å². The van der Waals surface area contributed by atoms with Crippen LogP contribution < -0.4 is 10.1 Å². The molecule has 130 valence electrons. The van der Waals surface area contributed by atoms with E-state index in [1.165, 1.54) is 6.20 Å². The predicted octanol–water partition coefficient (Wildman–Crippen LogP) is 4.51. The van der Waals surface area contributed by atoms with Gasteiger partial charge in [-0.05, 0) is 61.0 Å². The zero-order chi connectivity index (χ0) is 18.5. The summed E-state index contributed by atoms with van der Waals surface area (Å²) < 4.78 is 5.41. The number of benzene rings is 2. The molecule has 0 spiro atoms. The van der Waals surface area contributed by atoms with E-state index in [2.05, 4.69) is 10.3 Å². The van der Waals surface area contributed by atoms with Crippen LogP contribution in [-0.2, 0) is 0 Å². The second-order valence-electron chi connectivity index (χ2n) is 5.58. The quantitative estimate of drug-likeness (QED) is 0.544. The summed E-state index contributed by atoms with van der Waals surface area (Å²) in [6.45, 7) is 1.80. The van der Waals surface area contributed by atoms with E-state index in [0.717, 1.165) is 5.56 Å². The molecule has 1 aromatic heterocycles. The van der Waals surface area contributed by atoms with Crippen molar-refractivity contribution in [2.75, 3.05) is 5.32 Å². The molecule has 2 aromatic carbocycles. The molecule has 0 aliphatic carbocycles. The zero-order valence-corrected chi connectivity index (χ0v) is 14.7. The van der Waals surface area contributed by atoms with Crippen molar-refractivity contribution in [2.24, 2.45) is 0 Å². The van der Waals surface area contributed by atoms with Gasteiger partial charge in [-0.25, -0.2) is 4.79 Å². The first-order valence-corrected chi connectivity index (χ1v) is 8.20. The molecule has 3 rings (SSSR count). The largest absolute Gasteiger partial charge is 0.423 e. The van der Waals surface area contributed by atoms with E-state index < -0.39 is 5.97 Å². The van der Waals surface area contributed by atoms with Gasteiger partial charge in [0.2, 0.25) is 0 Å². The van der Waals surface area contributed by atoms with Gasteiger partial charge in [-0.2, -0.15) is 0 Å². The van der Waals surface area contributed by atoms with Crippen LogP contribution in [0.5, 0.6) is 5.75 Å². The predicted molar refractivity (Wildman–Crippen MR) is 99.8 cm³/mol. The molecule has 6 heteroatoms. The Hall–Kier alpha value is -3.18. The molecule has 0 fully saturated rings. The van der Waals surface area contributed by atoms with Crippen molar-refractivity contribution >= 4 is 29.2 Å². The van der Waals surface area contributed by atoms with Crippen LogP contribution in [-0.4, -0.2) is 16.9 Å². The first-order chi connectivity index (χ1) is 12.5. The summed E-state index contributed by atoms with van der Waals surface area (Å²) in [5.41, 5.74) is 1.99. The lowest BCUT2D eigenvalue weighted by Gasteiger charge is -2.09. The van der Waals surface area contributed by atoms with Crippen molar-refractivity contribution in [1.29, 1.82) is 0 Å². The highest BCUT2D eigenvalue weighted by atomic mass is 35.5. The average Bonchev–Trinajstić information content (AvgIpc) is 2.65. The molecule has 0 unspecified atom stereocenters. The standard InChI is InChI=1S/C20H15ClN2O3/c1-13-10-16(21)7-8-18(13)26-20(25)14-4-2-6-17(11-14)23-19(24)15-5-3-9-22-12-15/h2-12H,1H3,(H,23,24). The first-order valence-electron chi connectivity index (χ1n) is 7.83. The third-order valence-electron chi connectivity index (χ3n) is 3.62. The second kappa shape index (κ2) is 7.80. The molecule has 0 aliphatic heterocycles. The Morgan fingerprint density at radius 1 is 1.04 bits per heavy atom. The number of hydrogen-bond acceptors (Lipinski definition) is 4. The number of esters is 1.